The van der Waals surface area contributed by atoms with Crippen LogP contribution in [0.1, 0.15) is 0 Å². The van der Waals surface area contributed by atoms with E-state index in [0.29, 0.717) is 5.69 Å². The summed E-state index contributed by atoms with van der Waals surface area (Å²) in [6.07, 6.45) is 0. The van der Waals surface area contributed by atoms with Gasteiger partial charge in [0.05, 0.1) is 0 Å². The van der Waals surface area contributed by atoms with E-state index in [1.165, 1.54) is 0 Å². The van der Waals surface area contributed by atoms with Crippen molar-refractivity contribution in [1.82, 2.24) is 0 Å². The van der Waals surface area contributed by atoms with E-state index in [0.717, 1.165) is 0 Å². The van der Waals surface area contributed by atoms with Gasteiger partial charge in [0.25, 0.3) is 0 Å². The van der Waals surface area contributed by atoms with Crippen molar-refractivity contribution < 1.29 is 8.76 Å². The van der Waals surface area contributed by atoms with Gasteiger partial charge in [-0.2, -0.15) is 0 Å². The molecule has 0 saturated carbocycles. The van der Waals surface area contributed by atoms with Crippen molar-refractivity contribution in [3.05, 3.63) is 30.3 Å². The average molecular weight is 156 g/mol. The van der Waals surface area contributed by atoms with E-state index in [9.17, 15) is 8.76 Å². The number of nitrogens with one attached hydrogen (secondary N) is 1. The first-order chi connectivity index (χ1) is 4.79. The Bertz CT molecular complexity index is 224. The third kappa shape index (κ3) is 2.16. The summed E-state index contributed by atoms with van der Waals surface area (Å²) in [5.41, 5.74) is 0.579. The first-order valence-corrected chi connectivity index (χ1v) is 3.77. The summed E-state index contributed by atoms with van der Waals surface area (Å²) in [6, 6.07) is 8.69. The molecule has 3 nitrogen and oxygen atoms in total. The van der Waals surface area contributed by atoms with Gasteiger partial charge in [-0.1, -0.05) is 18.2 Å². The maximum absolute atomic E-state index is 10.1. The highest BCUT2D eigenvalue weighted by molar-refractivity contribution is 7.80. The monoisotopic (exact) mass is 156 g/mol. The molecule has 0 aliphatic carbocycles. The van der Waals surface area contributed by atoms with Crippen molar-refractivity contribution in [2.75, 3.05) is 4.72 Å². The lowest BCUT2D eigenvalue weighted by atomic mass is 10.3. The Kier molecular flexibility index (Phi) is 2.42. The number of rotatable bonds is 2. The van der Waals surface area contributed by atoms with E-state index in [-0.39, 0.29) is 0 Å². The first-order valence-electron chi connectivity index (χ1n) is 2.70. The van der Waals surface area contributed by atoms with Gasteiger partial charge < -0.3 is 9.27 Å². The van der Waals surface area contributed by atoms with Crippen molar-refractivity contribution in [3.63, 3.8) is 0 Å². The highest BCUT2D eigenvalue weighted by atomic mass is 32.2. The number of anilines is 1. The molecule has 0 aliphatic heterocycles. The van der Waals surface area contributed by atoms with Gasteiger partial charge in [-0.3, -0.25) is 4.21 Å². The Hall–Kier alpha value is -0.870. The normalized spacial score (nSPS) is 12.5. The Balaban J connectivity index is 2.67. The molecule has 1 N–H and O–H groups in total. The zero-order valence-electron chi connectivity index (χ0n) is 5.11. The predicted molar refractivity (Wildman–Crippen MR) is 39.0 cm³/mol. The highest BCUT2D eigenvalue weighted by Crippen LogP contribution is 2.04. The van der Waals surface area contributed by atoms with Crippen molar-refractivity contribution >= 4 is 17.0 Å². The minimum Gasteiger partial charge on any atom is -0.755 e. The zero-order valence-corrected chi connectivity index (χ0v) is 5.93. The van der Waals surface area contributed by atoms with Gasteiger partial charge in [0.1, 0.15) is 0 Å². The van der Waals surface area contributed by atoms with Crippen LogP contribution in [0, 0.1) is 0 Å². The number of benzene rings is 1. The van der Waals surface area contributed by atoms with Gasteiger partial charge in [0.15, 0.2) is 0 Å². The molecule has 1 unspecified atom stereocenters. The van der Waals surface area contributed by atoms with Crippen molar-refractivity contribution in [2.45, 2.75) is 0 Å². The Morgan fingerprint density at radius 3 is 2.40 bits per heavy atom. The maximum Gasteiger partial charge on any atom is 0.0452 e. The molecule has 10 heavy (non-hydrogen) atoms. The molecule has 54 valence electrons. The molecule has 1 atom stereocenters. The van der Waals surface area contributed by atoms with Crippen molar-refractivity contribution in [2.24, 2.45) is 0 Å². The number of para-hydroxylation sites is 1. The van der Waals surface area contributed by atoms with Crippen LogP contribution in [0.15, 0.2) is 30.3 Å². The summed E-state index contributed by atoms with van der Waals surface area (Å²) < 4.78 is 22.3. The molecular formula is C6H6NO2S-. The van der Waals surface area contributed by atoms with Crippen LogP contribution in [0.5, 0.6) is 0 Å². The van der Waals surface area contributed by atoms with E-state index in [2.05, 4.69) is 4.72 Å². The Morgan fingerprint density at radius 2 is 1.90 bits per heavy atom. The molecule has 1 aromatic carbocycles. The van der Waals surface area contributed by atoms with Crippen LogP contribution in [-0.4, -0.2) is 8.76 Å². The van der Waals surface area contributed by atoms with Gasteiger partial charge in [-0.15, -0.1) is 0 Å². The molecule has 0 spiro atoms. The molecule has 0 bridgehead atoms. The quantitative estimate of drug-likeness (QED) is 0.646. The fraction of sp³-hybridized carbons (Fsp3) is 0. The number of hydrogen-bond donors (Lipinski definition) is 1. The molecule has 0 aromatic heterocycles. The van der Waals surface area contributed by atoms with E-state index >= 15 is 0 Å². The average Bonchev–Trinajstić information content (AvgIpc) is 1.88. The van der Waals surface area contributed by atoms with E-state index in [4.69, 9.17) is 0 Å². The minimum absolute atomic E-state index is 0.579. The third-order valence-corrected chi connectivity index (χ3v) is 1.38. The lowest BCUT2D eigenvalue weighted by Crippen LogP contribution is -2.01. The van der Waals surface area contributed by atoms with Gasteiger partial charge in [-0.25, -0.2) is 0 Å². The largest absolute Gasteiger partial charge is 0.755 e. The SMILES string of the molecule is O=S([O-])Nc1ccccc1. The molecule has 1 rings (SSSR count). The summed E-state index contributed by atoms with van der Waals surface area (Å²) in [6.45, 7) is 0. The van der Waals surface area contributed by atoms with E-state index in [1.54, 1.807) is 24.3 Å². The van der Waals surface area contributed by atoms with Crippen LogP contribution in [0.25, 0.3) is 0 Å². The smallest absolute Gasteiger partial charge is 0.0452 e. The fourth-order valence-electron chi connectivity index (χ4n) is 0.602. The maximum atomic E-state index is 10.1. The second-order valence-electron chi connectivity index (χ2n) is 1.70. The molecule has 0 radical (unpaired) electrons. The molecule has 0 amide bonds. The zero-order chi connectivity index (χ0) is 7.40. The second kappa shape index (κ2) is 3.34. The van der Waals surface area contributed by atoms with Crippen LogP contribution in [0.3, 0.4) is 0 Å². The van der Waals surface area contributed by atoms with Gasteiger partial charge in [0.2, 0.25) is 0 Å². The van der Waals surface area contributed by atoms with Crippen LogP contribution >= 0.6 is 0 Å². The lowest BCUT2D eigenvalue weighted by molar-refractivity contribution is 0.542. The summed E-state index contributed by atoms with van der Waals surface area (Å²) in [4.78, 5) is 0. The summed E-state index contributed by atoms with van der Waals surface area (Å²) in [5, 5.41) is 0. The third-order valence-electron chi connectivity index (χ3n) is 0.975. The van der Waals surface area contributed by atoms with E-state index in [1.807, 2.05) is 6.07 Å². The molecule has 0 fully saturated rings. The predicted octanol–water partition coefficient (Wildman–Crippen LogP) is 0.893. The fourth-order valence-corrected chi connectivity index (χ4v) is 0.931. The van der Waals surface area contributed by atoms with Crippen molar-refractivity contribution in [1.29, 1.82) is 0 Å². The van der Waals surface area contributed by atoms with Crippen molar-refractivity contribution in [3.8, 4) is 0 Å². The summed E-state index contributed by atoms with van der Waals surface area (Å²) >= 11 is -2.22. The summed E-state index contributed by atoms with van der Waals surface area (Å²) in [5.74, 6) is 0. The molecule has 0 saturated heterocycles. The van der Waals surface area contributed by atoms with Crippen LogP contribution < -0.4 is 4.72 Å². The molecule has 4 heteroatoms. The molecule has 0 aliphatic rings. The second-order valence-corrected chi connectivity index (χ2v) is 2.38. The van der Waals surface area contributed by atoms with Crippen LogP contribution in [0.4, 0.5) is 5.69 Å². The van der Waals surface area contributed by atoms with Gasteiger partial charge in [0, 0.05) is 17.0 Å². The minimum atomic E-state index is -2.22. The Labute approximate surface area is 61.5 Å². The van der Waals surface area contributed by atoms with Gasteiger partial charge in [-0.05, 0) is 12.1 Å². The molecule has 1 aromatic rings. The number of hydrogen-bond acceptors (Lipinski definition) is 2. The van der Waals surface area contributed by atoms with Crippen LogP contribution in [0.2, 0.25) is 0 Å². The van der Waals surface area contributed by atoms with E-state index < -0.39 is 11.3 Å². The standard InChI is InChI=1S/C6H7NO2S/c8-10(9)7-6-4-2-1-3-5-6/h1-5,7H,(H,8,9)/p-1. The first kappa shape index (κ1) is 7.24. The van der Waals surface area contributed by atoms with Crippen LogP contribution in [-0.2, 0) is 11.3 Å². The highest BCUT2D eigenvalue weighted by Gasteiger charge is 1.84. The lowest BCUT2D eigenvalue weighted by Gasteiger charge is -2.06. The molecule has 0 heterocycles. The topological polar surface area (TPSA) is 52.2 Å². The Morgan fingerprint density at radius 1 is 1.30 bits per heavy atom. The van der Waals surface area contributed by atoms with Gasteiger partial charge >= 0.3 is 0 Å². The summed E-state index contributed by atoms with van der Waals surface area (Å²) in [7, 11) is 0. The molecular weight excluding hydrogens is 150 g/mol.